The van der Waals surface area contributed by atoms with Crippen molar-refractivity contribution in [3.63, 3.8) is 0 Å². The third-order valence-corrected chi connectivity index (χ3v) is 4.27. The van der Waals surface area contributed by atoms with Gasteiger partial charge in [-0.05, 0) is 23.3 Å². The van der Waals surface area contributed by atoms with Gasteiger partial charge in [0.25, 0.3) is 0 Å². The van der Waals surface area contributed by atoms with E-state index in [-0.39, 0.29) is 5.78 Å². The molecule has 0 aliphatic heterocycles. The molecule has 0 heterocycles. The van der Waals surface area contributed by atoms with Crippen LogP contribution < -0.4 is 0 Å². The van der Waals surface area contributed by atoms with Crippen LogP contribution in [0.3, 0.4) is 0 Å². The molecule has 3 heteroatoms. The third-order valence-electron chi connectivity index (χ3n) is 3.45. The van der Waals surface area contributed by atoms with Crippen LogP contribution in [0.4, 0.5) is 0 Å². The van der Waals surface area contributed by atoms with Gasteiger partial charge in [0.2, 0.25) is 0 Å². The second-order valence-corrected chi connectivity index (χ2v) is 5.66. The summed E-state index contributed by atoms with van der Waals surface area (Å²) < 4.78 is 0. The van der Waals surface area contributed by atoms with E-state index in [0.29, 0.717) is 21.2 Å². The quantitative estimate of drug-likeness (QED) is 0.548. The van der Waals surface area contributed by atoms with Crippen molar-refractivity contribution in [2.45, 2.75) is 0 Å². The Morgan fingerprint density at radius 3 is 2.00 bits per heavy atom. The molecule has 3 rings (SSSR count). The maximum absolute atomic E-state index is 12.5. The molecular weight excluding hydrogens is 315 g/mol. The molecule has 0 amide bonds. The fraction of sp³-hybridized carbons (Fsp3) is 0. The molecule has 0 bridgehead atoms. The van der Waals surface area contributed by atoms with Crippen molar-refractivity contribution in [3.05, 3.63) is 94.0 Å². The third kappa shape index (κ3) is 2.92. The van der Waals surface area contributed by atoms with Gasteiger partial charge in [-0.15, -0.1) is 0 Å². The smallest absolute Gasteiger partial charge is 0.194 e. The molecule has 0 radical (unpaired) electrons. The minimum atomic E-state index is -0.132. The fourth-order valence-electron chi connectivity index (χ4n) is 2.28. The first-order valence-corrected chi connectivity index (χ1v) is 7.56. The Labute approximate surface area is 139 Å². The van der Waals surface area contributed by atoms with Gasteiger partial charge in [0, 0.05) is 11.1 Å². The Balaban J connectivity index is 1.93. The summed E-state index contributed by atoms with van der Waals surface area (Å²) in [7, 11) is 0. The number of ketones is 1. The Kier molecular flexibility index (Phi) is 4.28. The van der Waals surface area contributed by atoms with Crippen LogP contribution in [0.2, 0.25) is 10.0 Å². The highest BCUT2D eigenvalue weighted by Crippen LogP contribution is 2.28. The zero-order chi connectivity index (χ0) is 15.5. The van der Waals surface area contributed by atoms with Crippen LogP contribution in [0, 0.1) is 0 Å². The summed E-state index contributed by atoms with van der Waals surface area (Å²) in [6.07, 6.45) is 0. The number of hydrogen-bond donors (Lipinski definition) is 0. The van der Waals surface area contributed by atoms with Crippen molar-refractivity contribution in [1.29, 1.82) is 0 Å². The second-order valence-electron chi connectivity index (χ2n) is 4.87. The SMILES string of the molecule is O=C(c1ccc(-c2ccccc2)cc1)c1cccc(Cl)c1Cl. The minimum Gasteiger partial charge on any atom is -0.289 e. The van der Waals surface area contributed by atoms with Gasteiger partial charge in [-0.3, -0.25) is 4.79 Å². The molecule has 0 aliphatic rings. The number of rotatable bonds is 3. The highest BCUT2D eigenvalue weighted by atomic mass is 35.5. The van der Waals surface area contributed by atoms with Gasteiger partial charge in [0.15, 0.2) is 5.78 Å². The first kappa shape index (κ1) is 14.8. The Hall–Kier alpha value is -2.09. The average Bonchev–Trinajstić information content (AvgIpc) is 2.58. The maximum atomic E-state index is 12.5. The van der Waals surface area contributed by atoms with Crippen LogP contribution in [0.1, 0.15) is 15.9 Å². The van der Waals surface area contributed by atoms with Gasteiger partial charge < -0.3 is 0 Å². The van der Waals surface area contributed by atoms with E-state index in [1.54, 1.807) is 18.2 Å². The highest BCUT2D eigenvalue weighted by Gasteiger charge is 2.14. The van der Waals surface area contributed by atoms with Gasteiger partial charge in [0.1, 0.15) is 0 Å². The van der Waals surface area contributed by atoms with Crippen molar-refractivity contribution < 1.29 is 4.79 Å². The predicted molar refractivity (Wildman–Crippen MR) is 91.8 cm³/mol. The first-order valence-electron chi connectivity index (χ1n) is 6.81. The molecule has 0 aromatic heterocycles. The lowest BCUT2D eigenvalue weighted by atomic mass is 9.99. The van der Waals surface area contributed by atoms with E-state index < -0.39 is 0 Å². The molecule has 3 aromatic carbocycles. The maximum Gasteiger partial charge on any atom is 0.194 e. The summed E-state index contributed by atoms with van der Waals surface area (Å²) in [5.74, 6) is -0.132. The zero-order valence-electron chi connectivity index (χ0n) is 11.6. The summed E-state index contributed by atoms with van der Waals surface area (Å²) in [5.41, 5.74) is 3.18. The fourth-order valence-corrected chi connectivity index (χ4v) is 2.67. The van der Waals surface area contributed by atoms with E-state index in [1.165, 1.54) is 0 Å². The number of hydrogen-bond acceptors (Lipinski definition) is 1. The van der Waals surface area contributed by atoms with E-state index in [0.717, 1.165) is 11.1 Å². The summed E-state index contributed by atoms with van der Waals surface area (Å²) in [4.78, 5) is 12.5. The van der Waals surface area contributed by atoms with Crippen LogP contribution >= 0.6 is 23.2 Å². The lowest BCUT2D eigenvalue weighted by Gasteiger charge is -2.06. The summed E-state index contributed by atoms with van der Waals surface area (Å²) >= 11 is 12.1. The van der Waals surface area contributed by atoms with Crippen LogP contribution in [0.25, 0.3) is 11.1 Å². The number of carbonyl (C=O) groups is 1. The van der Waals surface area contributed by atoms with Gasteiger partial charge in [-0.25, -0.2) is 0 Å². The largest absolute Gasteiger partial charge is 0.289 e. The van der Waals surface area contributed by atoms with Crippen LogP contribution in [-0.4, -0.2) is 5.78 Å². The average molecular weight is 327 g/mol. The lowest BCUT2D eigenvalue weighted by molar-refractivity contribution is 0.103. The van der Waals surface area contributed by atoms with E-state index in [4.69, 9.17) is 23.2 Å². The number of halogens is 2. The van der Waals surface area contributed by atoms with Crippen LogP contribution in [-0.2, 0) is 0 Å². The topological polar surface area (TPSA) is 17.1 Å². The molecule has 108 valence electrons. The standard InChI is InChI=1S/C19H12Cl2O/c20-17-8-4-7-16(18(17)21)19(22)15-11-9-14(10-12-15)13-5-2-1-3-6-13/h1-12H. The first-order chi connectivity index (χ1) is 10.7. The van der Waals surface area contributed by atoms with Crippen molar-refractivity contribution in [2.75, 3.05) is 0 Å². The predicted octanol–water partition coefficient (Wildman–Crippen LogP) is 5.89. The lowest BCUT2D eigenvalue weighted by Crippen LogP contribution is -2.02. The van der Waals surface area contributed by atoms with Gasteiger partial charge in [-0.2, -0.15) is 0 Å². The van der Waals surface area contributed by atoms with Crippen LogP contribution in [0.15, 0.2) is 72.8 Å². The normalized spacial score (nSPS) is 10.5. The second kappa shape index (κ2) is 6.35. The van der Waals surface area contributed by atoms with Gasteiger partial charge in [0.05, 0.1) is 10.0 Å². The molecule has 0 N–H and O–H groups in total. The molecule has 22 heavy (non-hydrogen) atoms. The number of carbonyl (C=O) groups excluding carboxylic acids is 1. The Morgan fingerprint density at radius 1 is 0.682 bits per heavy atom. The summed E-state index contributed by atoms with van der Waals surface area (Å²) in [6, 6.07) is 22.6. The minimum absolute atomic E-state index is 0.132. The van der Waals surface area contributed by atoms with Crippen LogP contribution in [0.5, 0.6) is 0 Å². The molecule has 0 spiro atoms. The molecule has 0 atom stereocenters. The number of benzene rings is 3. The molecule has 0 saturated heterocycles. The summed E-state index contributed by atoms with van der Waals surface area (Å²) in [6.45, 7) is 0. The molecule has 0 saturated carbocycles. The molecule has 3 aromatic rings. The van der Waals surface area contributed by atoms with Gasteiger partial charge in [-0.1, -0.05) is 83.9 Å². The van der Waals surface area contributed by atoms with E-state index in [9.17, 15) is 4.79 Å². The van der Waals surface area contributed by atoms with Crippen molar-refractivity contribution in [2.24, 2.45) is 0 Å². The monoisotopic (exact) mass is 326 g/mol. The molecule has 0 unspecified atom stereocenters. The Morgan fingerprint density at radius 2 is 1.32 bits per heavy atom. The summed E-state index contributed by atoms with van der Waals surface area (Å²) in [5, 5.41) is 0.676. The molecule has 1 nitrogen and oxygen atoms in total. The zero-order valence-corrected chi connectivity index (χ0v) is 13.1. The van der Waals surface area contributed by atoms with Crippen molar-refractivity contribution in [3.8, 4) is 11.1 Å². The van der Waals surface area contributed by atoms with E-state index >= 15 is 0 Å². The molecule has 0 aliphatic carbocycles. The van der Waals surface area contributed by atoms with Gasteiger partial charge >= 0.3 is 0 Å². The Bertz CT molecular complexity index is 809. The van der Waals surface area contributed by atoms with E-state index in [1.807, 2.05) is 54.6 Å². The molecule has 0 fully saturated rings. The van der Waals surface area contributed by atoms with Crippen molar-refractivity contribution in [1.82, 2.24) is 0 Å². The van der Waals surface area contributed by atoms with E-state index in [2.05, 4.69) is 0 Å². The molecular formula is C19H12Cl2O. The highest BCUT2D eigenvalue weighted by molar-refractivity contribution is 6.44. The van der Waals surface area contributed by atoms with Crippen molar-refractivity contribution >= 4 is 29.0 Å².